The van der Waals surface area contributed by atoms with Crippen LogP contribution in [-0.4, -0.2) is 45.3 Å². The summed E-state index contributed by atoms with van der Waals surface area (Å²) < 4.78 is 26.1. The van der Waals surface area contributed by atoms with Crippen LogP contribution in [-0.2, 0) is 10.0 Å². The standard InChI is InChI=1S/C11H26N2O2S2/c1-4-7-12-8-5-10-17(14,15)13-11(2)6-9-16-3/h11-13H,4-10H2,1-3H3. The van der Waals surface area contributed by atoms with Gasteiger partial charge in [-0.25, -0.2) is 13.1 Å². The van der Waals surface area contributed by atoms with Gasteiger partial charge >= 0.3 is 0 Å². The quantitative estimate of drug-likeness (QED) is 0.563. The summed E-state index contributed by atoms with van der Waals surface area (Å²) in [5.74, 6) is 1.20. The lowest BCUT2D eigenvalue weighted by Gasteiger charge is -2.13. The van der Waals surface area contributed by atoms with E-state index in [0.717, 1.165) is 31.7 Å². The van der Waals surface area contributed by atoms with E-state index < -0.39 is 10.0 Å². The molecule has 6 heteroatoms. The molecule has 0 aliphatic heterocycles. The summed E-state index contributed by atoms with van der Waals surface area (Å²) in [6.45, 7) is 5.74. The van der Waals surface area contributed by atoms with Crippen LogP contribution in [0.5, 0.6) is 0 Å². The average Bonchev–Trinajstić information content (AvgIpc) is 2.25. The Morgan fingerprint density at radius 2 is 2.00 bits per heavy atom. The second-order valence-corrected chi connectivity index (χ2v) is 7.08. The molecule has 0 aliphatic carbocycles. The SMILES string of the molecule is CCCNCCCS(=O)(=O)NC(C)CCSC. The van der Waals surface area contributed by atoms with Crippen molar-refractivity contribution in [3.8, 4) is 0 Å². The third kappa shape index (κ3) is 11.1. The third-order valence-corrected chi connectivity index (χ3v) is 4.56. The van der Waals surface area contributed by atoms with Gasteiger partial charge in [0.15, 0.2) is 0 Å². The second kappa shape index (κ2) is 10.2. The molecule has 0 spiro atoms. The van der Waals surface area contributed by atoms with Crippen LogP contribution < -0.4 is 10.0 Å². The van der Waals surface area contributed by atoms with Gasteiger partial charge in [0.25, 0.3) is 0 Å². The molecular formula is C11H26N2O2S2. The summed E-state index contributed by atoms with van der Waals surface area (Å²) in [4.78, 5) is 0. The number of sulfonamides is 1. The lowest BCUT2D eigenvalue weighted by molar-refractivity contribution is 0.552. The highest BCUT2D eigenvalue weighted by molar-refractivity contribution is 7.98. The summed E-state index contributed by atoms with van der Waals surface area (Å²) in [5, 5.41) is 3.20. The van der Waals surface area contributed by atoms with Crippen LogP contribution in [0.1, 0.15) is 33.1 Å². The molecular weight excluding hydrogens is 256 g/mol. The van der Waals surface area contributed by atoms with Crippen molar-refractivity contribution in [3.05, 3.63) is 0 Å². The predicted molar refractivity (Wildman–Crippen MR) is 77.2 cm³/mol. The van der Waals surface area contributed by atoms with Crippen molar-refractivity contribution in [1.82, 2.24) is 10.0 Å². The maximum atomic E-state index is 11.7. The molecule has 1 unspecified atom stereocenters. The van der Waals surface area contributed by atoms with E-state index in [4.69, 9.17) is 0 Å². The van der Waals surface area contributed by atoms with Crippen molar-refractivity contribution >= 4 is 21.8 Å². The Balaban J connectivity index is 3.72. The predicted octanol–water partition coefficient (Wildman–Crippen LogP) is 1.44. The van der Waals surface area contributed by atoms with E-state index in [1.807, 2.05) is 13.2 Å². The van der Waals surface area contributed by atoms with Gasteiger partial charge in [-0.2, -0.15) is 11.8 Å². The lowest BCUT2D eigenvalue weighted by atomic mass is 10.3. The summed E-state index contributed by atoms with van der Waals surface area (Å²) in [7, 11) is -3.10. The number of rotatable bonds is 11. The van der Waals surface area contributed by atoms with Gasteiger partial charge in [-0.15, -0.1) is 0 Å². The molecule has 0 rings (SSSR count). The minimum Gasteiger partial charge on any atom is -0.317 e. The summed E-state index contributed by atoms with van der Waals surface area (Å²) in [5.41, 5.74) is 0. The molecule has 0 aliphatic rings. The van der Waals surface area contributed by atoms with Crippen LogP contribution in [0.15, 0.2) is 0 Å². The van der Waals surface area contributed by atoms with E-state index >= 15 is 0 Å². The highest BCUT2D eigenvalue weighted by Gasteiger charge is 2.13. The Bertz CT molecular complexity index is 269. The molecule has 0 aromatic rings. The number of hydrogen-bond acceptors (Lipinski definition) is 4. The minimum atomic E-state index is -3.10. The largest absolute Gasteiger partial charge is 0.317 e. The fourth-order valence-corrected chi connectivity index (χ4v) is 3.37. The maximum absolute atomic E-state index is 11.7. The molecule has 0 bridgehead atoms. The Morgan fingerprint density at radius 3 is 2.59 bits per heavy atom. The van der Waals surface area contributed by atoms with Gasteiger partial charge in [-0.3, -0.25) is 0 Å². The average molecular weight is 282 g/mol. The lowest BCUT2D eigenvalue weighted by Crippen LogP contribution is -2.35. The molecule has 0 fully saturated rings. The zero-order valence-corrected chi connectivity index (χ0v) is 12.8. The normalized spacial score (nSPS) is 13.8. The zero-order chi connectivity index (χ0) is 13.1. The van der Waals surface area contributed by atoms with E-state index in [1.54, 1.807) is 11.8 Å². The van der Waals surface area contributed by atoms with Crippen LogP contribution in [0.25, 0.3) is 0 Å². The van der Waals surface area contributed by atoms with Crippen molar-refractivity contribution in [2.45, 2.75) is 39.2 Å². The van der Waals surface area contributed by atoms with Crippen molar-refractivity contribution in [2.24, 2.45) is 0 Å². The highest BCUT2D eigenvalue weighted by Crippen LogP contribution is 2.01. The van der Waals surface area contributed by atoms with E-state index in [1.165, 1.54) is 0 Å². The zero-order valence-electron chi connectivity index (χ0n) is 11.2. The first-order chi connectivity index (χ1) is 8.02. The van der Waals surface area contributed by atoms with E-state index in [-0.39, 0.29) is 11.8 Å². The van der Waals surface area contributed by atoms with Gasteiger partial charge in [-0.1, -0.05) is 6.92 Å². The molecule has 0 aromatic carbocycles. The van der Waals surface area contributed by atoms with Crippen LogP contribution in [0.4, 0.5) is 0 Å². The maximum Gasteiger partial charge on any atom is 0.211 e. The molecule has 0 radical (unpaired) electrons. The summed E-state index contributed by atoms with van der Waals surface area (Å²) in [6.07, 6.45) is 4.66. The Labute approximate surface area is 110 Å². The van der Waals surface area contributed by atoms with Crippen LogP contribution in [0.2, 0.25) is 0 Å². The monoisotopic (exact) mass is 282 g/mol. The van der Waals surface area contributed by atoms with Crippen LogP contribution in [0, 0.1) is 0 Å². The molecule has 0 saturated heterocycles. The Hall–Kier alpha value is 0.220. The molecule has 2 N–H and O–H groups in total. The van der Waals surface area contributed by atoms with Gasteiger partial charge in [0, 0.05) is 6.04 Å². The van der Waals surface area contributed by atoms with Crippen LogP contribution >= 0.6 is 11.8 Å². The van der Waals surface area contributed by atoms with Crippen molar-refractivity contribution < 1.29 is 8.42 Å². The number of nitrogens with one attached hydrogen (secondary N) is 2. The number of hydrogen-bond donors (Lipinski definition) is 2. The van der Waals surface area contributed by atoms with Gasteiger partial charge in [-0.05, 0) is 51.3 Å². The molecule has 1 atom stereocenters. The fourth-order valence-electron chi connectivity index (χ4n) is 1.41. The molecule has 104 valence electrons. The first-order valence-corrected chi connectivity index (χ1v) is 9.26. The first-order valence-electron chi connectivity index (χ1n) is 6.21. The molecule has 0 saturated carbocycles. The number of thioether (sulfide) groups is 1. The fraction of sp³-hybridized carbons (Fsp3) is 1.00. The molecule has 0 heterocycles. The third-order valence-electron chi connectivity index (χ3n) is 2.33. The summed E-state index contributed by atoms with van der Waals surface area (Å²) >= 11 is 1.74. The van der Waals surface area contributed by atoms with Crippen molar-refractivity contribution in [2.75, 3.05) is 30.9 Å². The smallest absolute Gasteiger partial charge is 0.211 e. The first kappa shape index (κ1) is 17.2. The van der Waals surface area contributed by atoms with Gasteiger partial charge in [0.05, 0.1) is 5.75 Å². The van der Waals surface area contributed by atoms with E-state index in [9.17, 15) is 8.42 Å². The van der Waals surface area contributed by atoms with Crippen molar-refractivity contribution in [1.29, 1.82) is 0 Å². The van der Waals surface area contributed by atoms with E-state index in [2.05, 4.69) is 17.0 Å². The van der Waals surface area contributed by atoms with Crippen LogP contribution in [0.3, 0.4) is 0 Å². The molecule has 4 nitrogen and oxygen atoms in total. The molecule has 0 aromatic heterocycles. The molecule has 0 amide bonds. The Morgan fingerprint density at radius 1 is 1.29 bits per heavy atom. The second-order valence-electron chi connectivity index (χ2n) is 4.22. The minimum absolute atomic E-state index is 0.0380. The summed E-state index contributed by atoms with van der Waals surface area (Å²) in [6, 6.07) is 0.0380. The molecule has 17 heavy (non-hydrogen) atoms. The van der Waals surface area contributed by atoms with E-state index in [0.29, 0.717) is 6.42 Å². The topological polar surface area (TPSA) is 58.2 Å². The van der Waals surface area contributed by atoms with Gasteiger partial charge < -0.3 is 5.32 Å². The van der Waals surface area contributed by atoms with Gasteiger partial charge in [0.2, 0.25) is 10.0 Å². The highest BCUT2D eigenvalue weighted by atomic mass is 32.2. The van der Waals surface area contributed by atoms with Crippen molar-refractivity contribution in [3.63, 3.8) is 0 Å². The van der Waals surface area contributed by atoms with Gasteiger partial charge in [0.1, 0.15) is 0 Å². The Kier molecular flexibility index (Phi) is 10.3.